The molecule has 5 heteroatoms. The molecule has 3 aromatic carbocycles. The van der Waals surface area contributed by atoms with Gasteiger partial charge in [-0.2, -0.15) is 0 Å². The number of nitrogens with one attached hydrogen (secondary N) is 2. The average molecular weight is 350 g/mol. The second-order valence-electron chi connectivity index (χ2n) is 5.30. The number of thiocarbonyl (C=S) groups is 1. The summed E-state index contributed by atoms with van der Waals surface area (Å²) in [6.07, 6.45) is 0. The van der Waals surface area contributed by atoms with Gasteiger partial charge in [-0.15, -0.1) is 0 Å². The number of carbonyl (C=O) groups is 1. The maximum atomic E-state index is 13.7. The first-order valence-electron chi connectivity index (χ1n) is 7.66. The van der Waals surface area contributed by atoms with E-state index >= 15 is 0 Å². The zero-order chi connectivity index (χ0) is 17.6. The summed E-state index contributed by atoms with van der Waals surface area (Å²) in [5.41, 5.74) is 1.91. The van der Waals surface area contributed by atoms with Crippen LogP contribution in [0.15, 0.2) is 78.9 Å². The first kappa shape index (κ1) is 16.8. The van der Waals surface area contributed by atoms with E-state index in [2.05, 4.69) is 10.6 Å². The van der Waals surface area contributed by atoms with Crippen LogP contribution in [0.3, 0.4) is 0 Å². The molecule has 0 atom stereocenters. The van der Waals surface area contributed by atoms with Gasteiger partial charge < -0.3 is 10.6 Å². The van der Waals surface area contributed by atoms with E-state index < -0.39 is 5.82 Å². The number of para-hydroxylation sites is 2. The summed E-state index contributed by atoms with van der Waals surface area (Å²) in [5.74, 6) is -0.516. The van der Waals surface area contributed by atoms with E-state index in [1.165, 1.54) is 6.07 Å². The van der Waals surface area contributed by atoms with Crippen molar-refractivity contribution in [2.45, 2.75) is 0 Å². The number of hydrogen-bond donors (Lipinski definition) is 2. The smallest absolute Gasteiger partial charge is 0.195 e. The molecule has 0 fully saturated rings. The third-order valence-electron chi connectivity index (χ3n) is 3.58. The number of benzene rings is 3. The fourth-order valence-electron chi connectivity index (χ4n) is 2.37. The molecule has 0 aliphatic rings. The lowest BCUT2D eigenvalue weighted by Gasteiger charge is -2.14. The highest BCUT2D eigenvalue weighted by atomic mass is 32.1. The number of anilines is 2. The Bertz CT molecular complexity index is 912. The van der Waals surface area contributed by atoms with Crippen LogP contribution in [0.1, 0.15) is 15.9 Å². The van der Waals surface area contributed by atoms with Gasteiger partial charge in [0, 0.05) is 11.1 Å². The van der Waals surface area contributed by atoms with Crippen LogP contribution in [0.25, 0.3) is 0 Å². The molecule has 0 aliphatic heterocycles. The van der Waals surface area contributed by atoms with Crippen molar-refractivity contribution in [2.24, 2.45) is 0 Å². The Balaban J connectivity index is 1.81. The highest BCUT2D eigenvalue weighted by Crippen LogP contribution is 2.20. The second-order valence-corrected chi connectivity index (χ2v) is 5.71. The molecule has 2 N–H and O–H groups in total. The molecular formula is C20H15FN2OS. The van der Waals surface area contributed by atoms with Gasteiger partial charge in [0.25, 0.3) is 0 Å². The van der Waals surface area contributed by atoms with Crippen molar-refractivity contribution >= 4 is 34.5 Å². The lowest BCUT2D eigenvalue weighted by atomic mass is 10.0. The van der Waals surface area contributed by atoms with Gasteiger partial charge in [0.15, 0.2) is 10.9 Å². The van der Waals surface area contributed by atoms with E-state index in [4.69, 9.17) is 12.2 Å². The summed E-state index contributed by atoms with van der Waals surface area (Å²) in [5, 5.41) is 5.98. The molecule has 3 nitrogen and oxygen atoms in total. The highest BCUT2D eigenvalue weighted by molar-refractivity contribution is 7.80. The zero-order valence-corrected chi connectivity index (χ0v) is 14.0. The summed E-state index contributed by atoms with van der Waals surface area (Å²) in [6, 6.07) is 22.3. The lowest BCUT2D eigenvalue weighted by Crippen LogP contribution is -2.21. The summed E-state index contributed by atoms with van der Waals surface area (Å²) in [7, 11) is 0. The van der Waals surface area contributed by atoms with Crippen LogP contribution in [0.4, 0.5) is 15.8 Å². The van der Waals surface area contributed by atoms with Crippen molar-refractivity contribution in [3.63, 3.8) is 0 Å². The molecule has 0 bridgehead atoms. The van der Waals surface area contributed by atoms with E-state index in [-0.39, 0.29) is 16.6 Å². The van der Waals surface area contributed by atoms with Gasteiger partial charge in [-0.3, -0.25) is 4.79 Å². The highest BCUT2D eigenvalue weighted by Gasteiger charge is 2.14. The third-order valence-corrected chi connectivity index (χ3v) is 3.78. The van der Waals surface area contributed by atoms with Crippen LogP contribution in [0.5, 0.6) is 0 Å². The molecule has 0 radical (unpaired) electrons. The SMILES string of the molecule is O=C(c1ccccc1)c1ccccc1NC(=S)Nc1ccccc1F. The number of carbonyl (C=O) groups excluding carboxylic acids is 1. The number of ketones is 1. The van der Waals surface area contributed by atoms with E-state index in [0.29, 0.717) is 16.8 Å². The zero-order valence-electron chi connectivity index (χ0n) is 13.2. The molecule has 3 aromatic rings. The first-order chi connectivity index (χ1) is 12.1. The van der Waals surface area contributed by atoms with Crippen LogP contribution in [-0.4, -0.2) is 10.9 Å². The molecule has 0 saturated carbocycles. The lowest BCUT2D eigenvalue weighted by molar-refractivity contribution is 0.103. The van der Waals surface area contributed by atoms with Crippen molar-refractivity contribution < 1.29 is 9.18 Å². The van der Waals surface area contributed by atoms with Gasteiger partial charge in [0.1, 0.15) is 5.82 Å². The van der Waals surface area contributed by atoms with E-state index in [9.17, 15) is 9.18 Å². The Labute approximate surface area is 150 Å². The van der Waals surface area contributed by atoms with Crippen molar-refractivity contribution in [1.82, 2.24) is 0 Å². The molecule has 3 rings (SSSR count). The predicted molar refractivity (Wildman–Crippen MR) is 103 cm³/mol. The van der Waals surface area contributed by atoms with E-state index in [1.54, 1.807) is 54.6 Å². The Morgan fingerprint density at radius 3 is 2.04 bits per heavy atom. The molecule has 124 valence electrons. The second kappa shape index (κ2) is 7.68. The molecule has 0 amide bonds. The Hall–Kier alpha value is -3.05. The number of hydrogen-bond acceptors (Lipinski definition) is 2. The van der Waals surface area contributed by atoms with Crippen LogP contribution in [0.2, 0.25) is 0 Å². The topological polar surface area (TPSA) is 41.1 Å². The minimum atomic E-state index is -0.403. The van der Waals surface area contributed by atoms with Crippen LogP contribution >= 0.6 is 12.2 Å². The maximum Gasteiger partial charge on any atom is 0.195 e. The minimum absolute atomic E-state index is 0.114. The average Bonchev–Trinajstić information content (AvgIpc) is 2.64. The summed E-state index contributed by atoms with van der Waals surface area (Å²) in [4.78, 5) is 12.7. The van der Waals surface area contributed by atoms with Gasteiger partial charge in [-0.05, 0) is 36.5 Å². The predicted octanol–water partition coefficient (Wildman–Crippen LogP) is 4.87. The van der Waals surface area contributed by atoms with Gasteiger partial charge in [0.2, 0.25) is 0 Å². The summed E-state index contributed by atoms with van der Waals surface area (Å²) < 4.78 is 13.7. The maximum absolute atomic E-state index is 13.7. The quantitative estimate of drug-likeness (QED) is 0.520. The Morgan fingerprint density at radius 1 is 0.760 bits per heavy atom. The standard InChI is InChI=1S/C20H15FN2OS/c21-16-11-5-7-13-18(16)23-20(25)22-17-12-6-4-10-15(17)19(24)14-8-2-1-3-9-14/h1-13H,(H2,22,23,25). The number of halogens is 1. The van der Waals surface area contributed by atoms with Gasteiger partial charge in [-0.1, -0.05) is 54.6 Å². The minimum Gasteiger partial charge on any atom is -0.332 e. The van der Waals surface area contributed by atoms with Crippen molar-refractivity contribution in [3.8, 4) is 0 Å². The van der Waals surface area contributed by atoms with Gasteiger partial charge in [-0.25, -0.2) is 4.39 Å². The Kier molecular flexibility index (Phi) is 5.16. The molecule has 0 unspecified atom stereocenters. The van der Waals surface area contributed by atoms with Gasteiger partial charge in [0.05, 0.1) is 11.4 Å². The molecule has 25 heavy (non-hydrogen) atoms. The van der Waals surface area contributed by atoms with E-state index in [1.807, 2.05) is 18.2 Å². The van der Waals surface area contributed by atoms with Gasteiger partial charge >= 0.3 is 0 Å². The molecule has 0 heterocycles. The monoisotopic (exact) mass is 350 g/mol. The molecule has 0 aromatic heterocycles. The van der Waals surface area contributed by atoms with Crippen molar-refractivity contribution in [1.29, 1.82) is 0 Å². The van der Waals surface area contributed by atoms with Crippen LogP contribution < -0.4 is 10.6 Å². The summed E-state index contributed by atoms with van der Waals surface area (Å²) >= 11 is 5.24. The third kappa shape index (κ3) is 4.08. The number of rotatable bonds is 4. The van der Waals surface area contributed by atoms with Crippen LogP contribution in [-0.2, 0) is 0 Å². The fraction of sp³-hybridized carbons (Fsp3) is 0. The molecule has 0 spiro atoms. The van der Waals surface area contributed by atoms with Crippen molar-refractivity contribution in [3.05, 3.63) is 95.8 Å². The largest absolute Gasteiger partial charge is 0.332 e. The van der Waals surface area contributed by atoms with E-state index in [0.717, 1.165) is 0 Å². The molecule has 0 aliphatic carbocycles. The first-order valence-corrected chi connectivity index (χ1v) is 8.07. The van der Waals surface area contributed by atoms with Crippen LogP contribution in [0, 0.1) is 5.82 Å². The summed E-state index contributed by atoms with van der Waals surface area (Å²) in [6.45, 7) is 0. The van der Waals surface area contributed by atoms with Crippen molar-refractivity contribution in [2.75, 3.05) is 10.6 Å². The Morgan fingerprint density at radius 2 is 1.32 bits per heavy atom. The fourth-order valence-corrected chi connectivity index (χ4v) is 2.59. The molecular weight excluding hydrogens is 335 g/mol. The normalized spacial score (nSPS) is 10.1. The molecule has 0 saturated heterocycles.